The number of halogens is 1. The van der Waals surface area contributed by atoms with Gasteiger partial charge < -0.3 is 15.0 Å². The number of hydrogen-bond donors (Lipinski definition) is 1. The van der Waals surface area contributed by atoms with Gasteiger partial charge >= 0.3 is 0 Å². The van der Waals surface area contributed by atoms with Gasteiger partial charge in [-0.25, -0.2) is 4.39 Å². The molecule has 5 heteroatoms. The number of ether oxygens (including phenoxy) is 1. The fraction of sp³-hybridized carbons (Fsp3) is 0.458. The molecule has 2 aromatic rings. The quantitative estimate of drug-likeness (QED) is 0.815. The lowest BCUT2D eigenvalue weighted by Gasteiger charge is -2.41. The molecule has 4 nitrogen and oxygen atoms in total. The molecule has 1 spiro atoms. The molecule has 0 bridgehead atoms. The molecule has 1 fully saturated rings. The van der Waals surface area contributed by atoms with Crippen LogP contribution < -0.4 is 10.1 Å². The predicted octanol–water partition coefficient (Wildman–Crippen LogP) is 4.74. The number of piperidine rings is 1. The van der Waals surface area contributed by atoms with Crippen LogP contribution in [0.5, 0.6) is 5.75 Å². The van der Waals surface area contributed by atoms with E-state index in [4.69, 9.17) is 4.74 Å². The maximum atomic E-state index is 14.9. The van der Waals surface area contributed by atoms with Crippen molar-refractivity contribution in [1.82, 2.24) is 4.90 Å². The zero-order valence-electron chi connectivity index (χ0n) is 17.4. The Morgan fingerprint density at radius 2 is 1.83 bits per heavy atom. The van der Waals surface area contributed by atoms with E-state index < -0.39 is 0 Å². The van der Waals surface area contributed by atoms with Crippen LogP contribution in [0.3, 0.4) is 0 Å². The summed E-state index contributed by atoms with van der Waals surface area (Å²) >= 11 is 0. The highest BCUT2D eigenvalue weighted by Crippen LogP contribution is 2.49. The normalized spacial score (nSPS) is 17.7. The standard InChI is InChI=1S/C24H29FN2O2/c1-23(2,3)22(28)27-13-11-24(12-14-27)16-26-21-19(10-9-18(25)20(21)24)29-15-17-7-5-4-6-8-17/h4-10,26H,11-16H2,1-3H3. The van der Waals surface area contributed by atoms with Crippen LogP contribution in [0.4, 0.5) is 10.1 Å². The van der Waals surface area contributed by atoms with E-state index in [9.17, 15) is 9.18 Å². The van der Waals surface area contributed by atoms with Crippen molar-refractivity contribution in [3.05, 3.63) is 59.4 Å². The lowest BCUT2D eigenvalue weighted by molar-refractivity contribution is -0.141. The summed E-state index contributed by atoms with van der Waals surface area (Å²) in [4.78, 5) is 14.6. The SMILES string of the molecule is CC(C)(C)C(=O)N1CCC2(CC1)CNc1c(OCc3ccccc3)ccc(F)c12. The average molecular weight is 397 g/mol. The molecule has 0 aliphatic carbocycles. The first-order chi connectivity index (χ1) is 13.8. The Bertz CT molecular complexity index is 897. The Hall–Kier alpha value is -2.56. The summed E-state index contributed by atoms with van der Waals surface area (Å²) in [5.74, 6) is 0.668. The van der Waals surface area contributed by atoms with E-state index in [-0.39, 0.29) is 22.6 Å². The van der Waals surface area contributed by atoms with Crippen LogP contribution >= 0.6 is 0 Å². The molecular formula is C24H29FN2O2. The summed E-state index contributed by atoms with van der Waals surface area (Å²) in [6.45, 7) is 8.29. The lowest BCUT2D eigenvalue weighted by Crippen LogP contribution is -2.49. The van der Waals surface area contributed by atoms with Crippen molar-refractivity contribution in [2.45, 2.75) is 45.6 Å². The van der Waals surface area contributed by atoms with Gasteiger partial charge in [0.15, 0.2) is 0 Å². The molecule has 2 aliphatic heterocycles. The Morgan fingerprint density at radius 3 is 2.48 bits per heavy atom. The third kappa shape index (κ3) is 3.70. The number of carbonyl (C=O) groups excluding carboxylic acids is 1. The van der Waals surface area contributed by atoms with Gasteiger partial charge in [0, 0.05) is 36.0 Å². The first-order valence-corrected chi connectivity index (χ1v) is 10.3. The van der Waals surface area contributed by atoms with E-state index >= 15 is 0 Å². The summed E-state index contributed by atoms with van der Waals surface area (Å²) in [6, 6.07) is 13.2. The molecule has 0 atom stereocenters. The van der Waals surface area contributed by atoms with Crippen molar-refractivity contribution in [3.8, 4) is 5.75 Å². The number of hydrogen-bond acceptors (Lipinski definition) is 3. The van der Waals surface area contributed by atoms with Gasteiger partial charge in [-0.2, -0.15) is 0 Å². The first-order valence-electron chi connectivity index (χ1n) is 10.3. The Labute approximate surface area is 172 Å². The lowest BCUT2D eigenvalue weighted by atomic mass is 9.73. The minimum Gasteiger partial charge on any atom is -0.487 e. The number of nitrogens with zero attached hydrogens (tertiary/aromatic N) is 1. The van der Waals surface area contributed by atoms with Crippen molar-refractivity contribution >= 4 is 11.6 Å². The van der Waals surface area contributed by atoms with Crippen LogP contribution in [0.2, 0.25) is 0 Å². The molecule has 2 aromatic carbocycles. The summed E-state index contributed by atoms with van der Waals surface area (Å²) < 4.78 is 21.0. The van der Waals surface area contributed by atoms with E-state index in [1.165, 1.54) is 6.07 Å². The Morgan fingerprint density at radius 1 is 1.14 bits per heavy atom. The summed E-state index contributed by atoms with van der Waals surface area (Å²) in [7, 11) is 0. The molecule has 2 heterocycles. The minimum absolute atomic E-state index is 0.166. The second kappa shape index (κ2) is 7.36. The molecule has 154 valence electrons. The largest absolute Gasteiger partial charge is 0.487 e. The van der Waals surface area contributed by atoms with Crippen LogP contribution in [0.15, 0.2) is 42.5 Å². The Balaban J connectivity index is 1.54. The maximum Gasteiger partial charge on any atom is 0.227 e. The molecule has 1 amide bonds. The fourth-order valence-electron chi connectivity index (χ4n) is 4.49. The third-order valence-electron chi connectivity index (χ3n) is 6.14. The van der Waals surface area contributed by atoms with E-state index in [0.29, 0.717) is 32.0 Å². The molecule has 0 radical (unpaired) electrons. The fourth-order valence-corrected chi connectivity index (χ4v) is 4.49. The predicted molar refractivity (Wildman–Crippen MR) is 113 cm³/mol. The van der Waals surface area contributed by atoms with Crippen LogP contribution in [-0.4, -0.2) is 30.4 Å². The summed E-state index contributed by atoms with van der Waals surface area (Å²) in [6.07, 6.45) is 1.52. The highest BCUT2D eigenvalue weighted by molar-refractivity contribution is 5.81. The van der Waals surface area contributed by atoms with Gasteiger partial charge in [-0.05, 0) is 30.5 Å². The van der Waals surface area contributed by atoms with Gasteiger partial charge in [0.1, 0.15) is 18.2 Å². The number of nitrogens with one attached hydrogen (secondary N) is 1. The molecule has 1 N–H and O–H groups in total. The highest BCUT2D eigenvalue weighted by atomic mass is 19.1. The van der Waals surface area contributed by atoms with Crippen molar-refractivity contribution in [2.75, 3.05) is 25.0 Å². The Kier molecular flexibility index (Phi) is 5.01. The first kappa shape index (κ1) is 19.7. The molecule has 2 aliphatic rings. The van der Waals surface area contributed by atoms with Gasteiger partial charge in [0.2, 0.25) is 5.91 Å². The maximum absolute atomic E-state index is 14.9. The number of carbonyl (C=O) groups is 1. The van der Waals surface area contributed by atoms with Gasteiger partial charge in [-0.3, -0.25) is 4.79 Å². The van der Waals surface area contributed by atoms with E-state index in [1.54, 1.807) is 6.07 Å². The van der Waals surface area contributed by atoms with Crippen LogP contribution in [-0.2, 0) is 16.8 Å². The third-order valence-corrected chi connectivity index (χ3v) is 6.14. The van der Waals surface area contributed by atoms with Crippen LogP contribution in [0, 0.1) is 11.2 Å². The zero-order valence-corrected chi connectivity index (χ0v) is 17.4. The monoisotopic (exact) mass is 396 g/mol. The average Bonchev–Trinajstić information content (AvgIpc) is 3.08. The minimum atomic E-state index is -0.389. The molecule has 1 saturated heterocycles. The molecule has 0 unspecified atom stereocenters. The van der Waals surface area contributed by atoms with Crippen LogP contribution in [0.1, 0.15) is 44.7 Å². The summed E-state index contributed by atoms with van der Waals surface area (Å²) in [5, 5.41) is 3.41. The van der Waals surface area contributed by atoms with Gasteiger partial charge in [-0.1, -0.05) is 51.1 Å². The zero-order chi connectivity index (χ0) is 20.6. The second-order valence-electron chi connectivity index (χ2n) is 9.25. The second-order valence-corrected chi connectivity index (χ2v) is 9.25. The highest BCUT2D eigenvalue weighted by Gasteiger charge is 2.46. The smallest absolute Gasteiger partial charge is 0.227 e. The number of likely N-dealkylation sites (tertiary alicyclic amines) is 1. The van der Waals surface area contributed by atoms with Crippen LogP contribution in [0.25, 0.3) is 0 Å². The van der Waals surface area contributed by atoms with E-state index in [0.717, 1.165) is 29.7 Å². The topological polar surface area (TPSA) is 41.6 Å². The van der Waals surface area contributed by atoms with Crippen molar-refractivity contribution in [1.29, 1.82) is 0 Å². The molecular weight excluding hydrogens is 367 g/mol. The number of amides is 1. The number of fused-ring (bicyclic) bond motifs is 2. The molecule has 4 rings (SSSR count). The van der Waals surface area contributed by atoms with Crippen molar-refractivity contribution < 1.29 is 13.9 Å². The molecule has 29 heavy (non-hydrogen) atoms. The number of rotatable bonds is 3. The van der Waals surface area contributed by atoms with Gasteiger partial charge in [0.05, 0.1) is 5.69 Å². The number of anilines is 1. The summed E-state index contributed by atoms with van der Waals surface area (Å²) in [5.41, 5.74) is 1.91. The van der Waals surface area contributed by atoms with E-state index in [2.05, 4.69) is 5.32 Å². The van der Waals surface area contributed by atoms with Gasteiger partial charge in [-0.15, -0.1) is 0 Å². The van der Waals surface area contributed by atoms with Crippen molar-refractivity contribution in [3.63, 3.8) is 0 Å². The van der Waals surface area contributed by atoms with Crippen molar-refractivity contribution in [2.24, 2.45) is 5.41 Å². The molecule has 0 aromatic heterocycles. The van der Waals surface area contributed by atoms with Gasteiger partial charge in [0.25, 0.3) is 0 Å². The van der Waals surface area contributed by atoms with E-state index in [1.807, 2.05) is 56.0 Å². The number of benzene rings is 2. The molecule has 0 saturated carbocycles.